The molecule has 0 bridgehead atoms. The smallest absolute Gasteiger partial charge is 0.148 e. The zero-order valence-corrected chi connectivity index (χ0v) is 12.7. The fraction of sp³-hybridized carbons (Fsp3) is 0.692. The SMILES string of the molecule is Cc1c(NN)nc(C(C)C)nc1NC1CCCSC1. The number of nitrogens with one attached hydrogen (secondary N) is 2. The molecule has 2 rings (SSSR count). The molecule has 106 valence electrons. The Labute approximate surface area is 119 Å². The lowest BCUT2D eigenvalue weighted by Crippen LogP contribution is -2.27. The number of hydrazine groups is 1. The molecule has 1 fully saturated rings. The Kier molecular flexibility index (Phi) is 4.87. The molecule has 6 heteroatoms. The van der Waals surface area contributed by atoms with Gasteiger partial charge >= 0.3 is 0 Å². The van der Waals surface area contributed by atoms with Gasteiger partial charge in [-0.3, -0.25) is 0 Å². The van der Waals surface area contributed by atoms with E-state index < -0.39 is 0 Å². The summed E-state index contributed by atoms with van der Waals surface area (Å²) in [5.41, 5.74) is 3.66. The summed E-state index contributed by atoms with van der Waals surface area (Å²) in [4.78, 5) is 9.10. The van der Waals surface area contributed by atoms with Gasteiger partial charge in [-0.05, 0) is 25.5 Å². The zero-order valence-electron chi connectivity index (χ0n) is 11.9. The van der Waals surface area contributed by atoms with Crippen LogP contribution in [0.3, 0.4) is 0 Å². The van der Waals surface area contributed by atoms with Crippen molar-refractivity contribution in [3.63, 3.8) is 0 Å². The molecule has 19 heavy (non-hydrogen) atoms. The van der Waals surface area contributed by atoms with Crippen LogP contribution in [0.15, 0.2) is 0 Å². The second kappa shape index (κ2) is 6.43. The van der Waals surface area contributed by atoms with Crippen LogP contribution in [0, 0.1) is 6.92 Å². The fourth-order valence-corrected chi connectivity index (χ4v) is 3.19. The van der Waals surface area contributed by atoms with Gasteiger partial charge in [-0.2, -0.15) is 11.8 Å². The first-order chi connectivity index (χ1) is 9.11. The third kappa shape index (κ3) is 3.51. The first-order valence-corrected chi connectivity index (χ1v) is 7.96. The predicted molar refractivity (Wildman–Crippen MR) is 82.6 cm³/mol. The maximum atomic E-state index is 5.55. The number of hydrogen-bond acceptors (Lipinski definition) is 6. The molecule has 1 aliphatic rings. The number of nitrogen functional groups attached to an aromatic ring is 1. The van der Waals surface area contributed by atoms with Gasteiger partial charge < -0.3 is 10.7 Å². The van der Waals surface area contributed by atoms with Gasteiger partial charge in [0.1, 0.15) is 17.5 Å². The van der Waals surface area contributed by atoms with Gasteiger partial charge in [0.25, 0.3) is 0 Å². The maximum Gasteiger partial charge on any atom is 0.148 e. The molecular weight excluding hydrogens is 258 g/mol. The molecule has 4 N–H and O–H groups in total. The maximum absolute atomic E-state index is 5.55. The van der Waals surface area contributed by atoms with Gasteiger partial charge in [-0.25, -0.2) is 15.8 Å². The molecule has 1 aromatic rings. The summed E-state index contributed by atoms with van der Waals surface area (Å²) >= 11 is 2.00. The summed E-state index contributed by atoms with van der Waals surface area (Å²) in [6, 6.07) is 0.498. The van der Waals surface area contributed by atoms with Crippen molar-refractivity contribution >= 4 is 23.4 Å². The van der Waals surface area contributed by atoms with Crippen molar-refractivity contribution in [2.45, 2.75) is 45.6 Å². The Morgan fingerprint density at radius 3 is 2.63 bits per heavy atom. The van der Waals surface area contributed by atoms with Gasteiger partial charge in [-0.1, -0.05) is 13.8 Å². The summed E-state index contributed by atoms with van der Waals surface area (Å²) in [5, 5.41) is 3.55. The Morgan fingerprint density at radius 1 is 1.32 bits per heavy atom. The van der Waals surface area contributed by atoms with Crippen molar-refractivity contribution in [2.75, 3.05) is 22.2 Å². The van der Waals surface area contributed by atoms with Gasteiger partial charge in [0.2, 0.25) is 0 Å². The number of aromatic nitrogens is 2. The highest BCUT2D eigenvalue weighted by molar-refractivity contribution is 7.99. The van der Waals surface area contributed by atoms with Crippen LogP contribution in [-0.2, 0) is 0 Å². The number of anilines is 2. The Bertz CT molecular complexity index is 429. The molecular formula is C13H23N5S. The molecule has 1 atom stereocenters. The van der Waals surface area contributed by atoms with Crippen LogP contribution in [0.5, 0.6) is 0 Å². The molecule has 0 spiro atoms. The summed E-state index contributed by atoms with van der Waals surface area (Å²) in [6.45, 7) is 6.17. The summed E-state index contributed by atoms with van der Waals surface area (Å²) in [6.07, 6.45) is 2.48. The molecule has 5 nitrogen and oxygen atoms in total. The highest BCUT2D eigenvalue weighted by Crippen LogP contribution is 2.26. The van der Waals surface area contributed by atoms with Crippen LogP contribution in [0.2, 0.25) is 0 Å². The minimum Gasteiger partial charge on any atom is -0.366 e. The molecule has 0 amide bonds. The molecule has 1 unspecified atom stereocenters. The van der Waals surface area contributed by atoms with Crippen LogP contribution in [0.25, 0.3) is 0 Å². The molecule has 1 saturated heterocycles. The minimum atomic E-state index is 0.286. The van der Waals surface area contributed by atoms with E-state index in [-0.39, 0.29) is 5.92 Å². The monoisotopic (exact) mass is 281 g/mol. The van der Waals surface area contributed by atoms with Crippen molar-refractivity contribution in [1.29, 1.82) is 0 Å². The van der Waals surface area contributed by atoms with E-state index in [0.717, 1.165) is 23.0 Å². The van der Waals surface area contributed by atoms with Crippen LogP contribution in [0.1, 0.15) is 44.0 Å². The van der Waals surface area contributed by atoms with Crippen LogP contribution in [-0.4, -0.2) is 27.5 Å². The molecule has 1 aliphatic heterocycles. The first kappa shape index (κ1) is 14.4. The van der Waals surface area contributed by atoms with E-state index >= 15 is 0 Å². The van der Waals surface area contributed by atoms with E-state index in [0.29, 0.717) is 11.9 Å². The van der Waals surface area contributed by atoms with Gasteiger partial charge in [0, 0.05) is 23.3 Å². The second-order valence-corrected chi connectivity index (χ2v) is 6.41. The van der Waals surface area contributed by atoms with Crippen LogP contribution < -0.4 is 16.6 Å². The lowest BCUT2D eigenvalue weighted by Gasteiger charge is -2.24. The third-order valence-corrected chi connectivity index (χ3v) is 4.53. The second-order valence-electron chi connectivity index (χ2n) is 5.26. The van der Waals surface area contributed by atoms with Crippen LogP contribution in [0.4, 0.5) is 11.6 Å². The summed E-state index contributed by atoms with van der Waals surface area (Å²) in [5.74, 6) is 10.7. The molecule has 0 saturated carbocycles. The van der Waals surface area contributed by atoms with E-state index in [1.165, 1.54) is 18.6 Å². The Balaban J connectivity index is 2.24. The predicted octanol–water partition coefficient (Wildman–Crippen LogP) is 2.50. The fourth-order valence-electron chi connectivity index (χ4n) is 2.12. The van der Waals surface area contributed by atoms with Crippen LogP contribution >= 0.6 is 11.8 Å². The number of nitrogens with two attached hydrogens (primary N) is 1. The lowest BCUT2D eigenvalue weighted by atomic mass is 10.1. The van der Waals surface area contributed by atoms with Crippen molar-refractivity contribution in [1.82, 2.24) is 9.97 Å². The normalized spacial score (nSPS) is 19.5. The van der Waals surface area contributed by atoms with E-state index in [1.807, 2.05) is 18.7 Å². The molecule has 0 radical (unpaired) electrons. The van der Waals surface area contributed by atoms with Gasteiger partial charge in [0.05, 0.1) is 0 Å². The van der Waals surface area contributed by atoms with Gasteiger partial charge in [0.15, 0.2) is 0 Å². The zero-order chi connectivity index (χ0) is 13.8. The number of nitrogens with zero attached hydrogens (tertiary/aromatic N) is 2. The van der Waals surface area contributed by atoms with E-state index in [4.69, 9.17) is 5.84 Å². The summed E-state index contributed by atoms with van der Waals surface area (Å²) < 4.78 is 0. The highest BCUT2D eigenvalue weighted by atomic mass is 32.2. The van der Waals surface area contributed by atoms with E-state index in [9.17, 15) is 0 Å². The summed E-state index contributed by atoms with van der Waals surface area (Å²) in [7, 11) is 0. The highest BCUT2D eigenvalue weighted by Gasteiger charge is 2.18. The average Bonchev–Trinajstić information content (AvgIpc) is 2.42. The third-order valence-electron chi connectivity index (χ3n) is 3.32. The van der Waals surface area contributed by atoms with Crippen molar-refractivity contribution < 1.29 is 0 Å². The number of rotatable bonds is 4. The largest absolute Gasteiger partial charge is 0.366 e. The van der Waals surface area contributed by atoms with Gasteiger partial charge in [-0.15, -0.1) is 0 Å². The van der Waals surface area contributed by atoms with E-state index in [1.54, 1.807) is 0 Å². The minimum absolute atomic E-state index is 0.286. The molecule has 1 aromatic heterocycles. The first-order valence-electron chi connectivity index (χ1n) is 6.81. The van der Waals surface area contributed by atoms with E-state index in [2.05, 4.69) is 34.6 Å². The van der Waals surface area contributed by atoms with Crippen molar-refractivity contribution in [3.8, 4) is 0 Å². The standard InChI is InChI=1S/C13H23N5S/c1-8(2)11-16-12(9(3)13(17-11)18-14)15-10-5-4-6-19-7-10/h8,10H,4-7,14H2,1-3H3,(H2,15,16,17,18). The van der Waals surface area contributed by atoms with Crippen molar-refractivity contribution in [3.05, 3.63) is 11.4 Å². The number of hydrogen-bond donors (Lipinski definition) is 3. The molecule has 2 heterocycles. The number of thioether (sulfide) groups is 1. The molecule has 0 aromatic carbocycles. The molecule has 0 aliphatic carbocycles. The Hall–Kier alpha value is -1.01. The quantitative estimate of drug-likeness (QED) is 0.581. The Morgan fingerprint density at radius 2 is 2.05 bits per heavy atom. The average molecular weight is 281 g/mol. The van der Waals surface area contributed by atoms with Crippen molar-refractivity contribution in [2.24, 2.45) is 5.84 Å². The lowest BCUT2D eigenvalue weighted by molar-refractivity contribution is 0.677. The topological polar surface area (TPSA) is 75.9 Å².